The maximum Gasteiger partial charge on any atom is 0.124 e. The van der Waals surface area contributed by atoms with Gasteiger partial charge in [0.05, 0.1) is 13.2 Å². The first kappa shape index (κ1) is 13.6. The lowest BCUT2D eigenvalue weighted by molar-refractivity contribution is 0.122. The first-order chi connectivity index (χ1) is 7.72. The van der Waals surface area contributed by atoms with Gasteiger partial charge in [0.15, 0.2) is 0 Å². The molecule has 0 saturated carbocycles. The van der Waals surface area contributed by atoms with Crippen molar-refractivity contribution in [2.24, 2.45) is 0 Å². The van der Waals surface area contributed by atoms with Crippen molar-refractivity contribution in [1.29, 1.82) is 0 Å². The zero-order valence-electron chi connectivity index (χ0n) is 9.43. The fraction of sp³-hybridized carbons (Fsp3) is 0.500. The zero-order chi connectivity index (χ0) is 11.8. The quantitative estimate of drug-likeness (QED) is 0.779. The standard InChI is InChI=1S/C12H17BrFNO/c1-2-3-15-4-5-16-9-10-6-11(13)8-12(14)7-10/h6-8,15H,2-5,9H2,1H3. The summed E-state index contributed by atoms with van der Waals surface area (Å²) in [7, 11) is 0. The Hall–Kier alpha value is -0.450. The van der Waals surface area contributed by atoms with E-state index in [0.717, 1.165) is 29.5 Å². The summed E-state index contributed by atoms with van der Waals surface area (Å²) < 4.78 is 19.2. The van der Waals surface area contributed by atoms with Crippen LogP contribution < -0.4 is 5.32 Å². The number of ether oxygens (including phenoxy) is 1. The molecule has 0 aromatic heterocycles. The highest BCUT2D eigenvalue weighted by Gasteiger charge is 1.99. The van der Waals surface area contributed by atoms with Gasteiger partial charge in [-0.1, -0.05) is 22.9 Å². The monoisotopic (exact) mass is 289 g/mol. The van der Waals surface area contributed by atoms with Crippen molar-refractivity contribution in [2.45, 2.75) is 20.0 Å². The van der Waals surface area contributed by atoms with Crippen LogP contribution in [0.2, 0.25) is 0 Å². The number of halogens is 2. The molecule has 1 rings (SSSR count). The average Bonchev–Trinajstić information content (AvgIpc) is 2.22. The van der Waals surface area contributed by atoms with E-state index in [1.165, 1.54) is 12.1 Å². The van der Waals surface area contributed by atoms with E-state index in [2.05, 4.69) is 28.2 Å². The van der Waals surface area contributed by atoms with Crippen molar-refractivity contribution in [3.05, 3.63) is 34.1 Å². The molecule has 1 aromatic rings. The summed E-state index contributed by atoms with van der Waals surface area (Å²) in [6, 6.07) is 4.79. The van der Waals surface area contributed by atoms with Gasteiger partial charge in [0.2, 0.25) is 0 Å². The molecule has 0 atom stereocenters. The van der Waals surface area contributed by atoms with E-state index in [-0.39, 0.29) is 5.82 Å². The Kier molecular flexibility index (Phi) is 6.61. The van der Waals surface area contributed by atoms with E-state index >= 15 is 0 Å². The predicted molar refractivity (Wildman–Crippen MR) is 66.9 cm³/mol. The largest absolute Gasteiger partial charge is 0.375 e. The van der Waals surface area contributed by atoms with Crippen LogP contribution in [0.25, 0.3) is 0 Å². The fourth-order valence-electron chi connectivity index (χ4n) is 1.33. The summed E-state index contributed by atoms with van der Waals surface area (Å²) >= 11 is 3.25. The van der Waals surface area contributed by atoms with Crippen LogP contribution in [0.4, 0.5) is 4.39 Å². The molecule has 0 amide bonds. The van der Waals surface area contributed by atoms with E-state index in [0.29, 0.717) is 13.2 Å². The van der Waals surface area contributed by atoms with Gasteiger partial charge in [0, 0.05) is 11.0 Å². The number of hydrogen-bond donors (Lipinski definition) is 1. The van der Waals surface area contributed by atoms with Crippen molar-refractivity contribution in [1.82, 2.24) is 5.32 Å². The molecular formula is C12H17BrFNO. The van der Waals surface area contributed by atoms with Gasteiger partial charge in [-0.15, -0.1) is 0 Å². The maximum atomic E-state index is 13.0. The number of hydrogen-bond acceptors (Lipinski definition) is 2. The number of benzene rings is 1. The molecule has 1 aromatic carbocycles. The van der Waals surface area contributed by atoms with Gasteiger partial charge in [-0.25, -0.2) is 4.39 Å². The minimum atomic E-state index is -0.239. The molecular weight excluding hydrogens is 273 g/mol. The first-order valence-electron chi connectivity index (χ1n) is 5.46. The Morgan fingerprint density at radius 2 is 2.12 bits per heavy atom. The van der Waals surface area contributed by atoms with Gasteiger partial charge in [-0.2, -0.15) is 0 Å². The van der Waals surface area contributed by atoms with E-state index in [1.807, 2.05) is 6.07 Å². The van der Waals surface area contributed by atoms with Gasteiger partial charge in [0.25, 0.3) is 0 Å². The Morgan fingerprint density at radius 1 is 1.31 bits per heavy atom. The fourth-order valence-corrected chi connectivity index (χ4v) is 1.84. The van der Waals surface area contributed by atoms with Crippen LogP contribution in [0.3, 0.4) is 0 Å². The smallest absolute Gasteiger partial charge is 0.124 e. The van der Waals surface area contributed by atoms with E-state index < -0.39 is 0 Å². The minimum absolute atomic E-state index is 0.239. The minimum Gasteiger partial charge on any atom is -0.375 e. The molecule has 90 valence electrons. The Morgan fingerprint density at radius 3 is 2.81 bits per heavy atom. The molecule has 0 saturated heterocycles. The van der Waals surface area contributed by atoms with Gasteiger partial charge < -0.3 is 10.1 Å². The van der Waals surface area contributed by atoms with Gasteiger partial charge in [0.1, 0.15) is 5.82 Å². The van der Waals surface area contributed by atoms with E-state index in [4.69, 9.17) is 4.74 Å². The summed E-state index contributed by atoms with van der Waals surface area (Å²) in [5, 5.41) is 3.24. The molecule has 0 heterocycles. The molecule has 0 aliphatic carbocycles. The molecule has 16 heavy (non-hydrogen) atoms. The van der Waals surface area contributed by atoms with Crippen LogP contribution in [0.15, 0.2) is 22.7 Å². The van der Waals surface area contributed by atoms with E-state index in [1.54, 1.807) is 0 Å². The SMILES string of the molecule is CCCNCCOCc1cc(F)cc(Br)c1. The summed E-state index contributed by atoms with van der Waals surface area (Å²) in [6.45, 7) is 5.07. The molecule has 0 spiro atoms. The average molecular weight is 290 g/mol. The summed E-state index contributed by atoms with van der Waals surface area (Å²) in [4.78, 5) is 0. The topological polar surface area (TPSA) is 21.3 Å². The molecule has 0 bridgehead atoms. The Labute approximate surface area is 104 Å². The third kappa shape index (κ3) is 5.58. The zero-order valence-corrected chi connectivity index (χ0v) is 11.0. The lowest BCUT2D eigenvalue weighted by atomic mass is 10.2. The molecule has 1 N–H and O–H groups in total. The van der Waals surface area contributed by atoms with Crippen LogP contribution >= 0.6 is 15.9 Å². The van der Waals surface area contributed by atoms with Gasteiger partial charge >= 0.3 is 0 Å². The summed E-state index contributed by atoms with van der Waals surface area (Å²) in [5.74, 6) is -0.239. The second kappa shape index (κ2) is 7.76. The Balaban J connectivity index is 2.21. The Bertz CT molecular complexity index is 300. The van der Waals surface area contributed by atoms with Crippen molar-refractivity contribution in [3.8, 4) is 0 Å². The van der Waals surface area contributed by atoms with Crippen LogP contribution in [0.5, 0.6) is 0 Å². The van der Waals surface area contributed by atoms with Crippen LogP contribution in [-0.2, 0) is 11.3 Å². The normalized spacial score (nSPS) is 10.7. The number of nitrogens with one attached hydrogen (secondary N) is 1. The van der Waals surface area contributed by atoms with Gasteiger partial charge in [-0.05, 0) is 36.7 Å². The molecule has 0 unspecified atom stereocenters. The lowest BCUT2D eigenvalue weighted by Crippen LogP contribution is -2.20. The summed E-state index contributed by atoms with van der Waals surface area (Å²) in [6.07, 6.45) is 1.12. The van der Waals surface area contributed by atoms with E-state index in [9.17, 15) is 4.39 Å². The molecule has 0 aliphatic rings. The molecule has 0 aliphatic heterocycles. The van der Waals surface area contributed by atoms with Crippen LogP contribution in [-0.4, -0.2) is 19.7 Å². The van der Waals surface area contributed by atoms with Crippen molar-refractivity contribution >= 4 is 15.9 Å². The predicted octanol–water partition coefficient (Wildman–Crippen LogP) is 3.10. The lowest BCUT2D eigenvalue weighted by Gasteiger charge is -2.06. The molecule has 2 nitrogen and oxygen atoms in total. The van der Waals surface area contributed by atoms with Crippen LogP contribution in [0.1, 0.15) is 18.9 Å². The number of rotatable bonds is 7. The second-order valence-corrected chi connectivity index (χ2v) is 4.50. The third-order valence-electron chi connectivity index (χ3n) is 2.04. The maximum absolute atomic E-state index is 13.0. The molecule has 0 fully saturated rings. The molecule has 4 heteroatoms. The molecule has 0 radical (unpaired) electrons. The summed E-state index contributed by atoms with van der Waals surface area (Å²) in [5.41, 5.74) is 0.849. The van der Waals surface area contributed by atoms with Crippen molar-refractivity contribution < 1.29 is 9.13 Å². The van der Waals surface area contributed by atoms with Crippen molar-refractivity contribution in [3.63, 3.8) is 0 Å². The van der Waals surface area contributed by atoms with Crippen LogP contribution in [0, 0.1) is 5.82 Å². The highest BCUT2D eigenvalue weighted by molar-refractivity contribution is 9.10. The third-order valence-corrected chi connectivity index (χ3v) is 2.50. The highest BCUT2D eigenvalue weighted by Crippen LogP contribution is 2.15. The first-order valence-corrected chi connectivity index (χ1v) is 6.25. The van der Waals surface area contributed by atoms with Gasteiger partial charge in [-0.3, -0.25) is 0 Å². The highest BCUT2D eigenvalue weighted by atomic mass is 79.9. The van der Waals surface area contributed by atoms with Crippen molar-refractivity contribution in [2.75, 3.05) is 19.7 Å². The second-order valence-electron chi connectivity index (χ2n) is 3.58.